The first kappa shape index (κ1) is 13.0. The average Bonchev–Trinajstić information content (AvgIpc) is 2.44. The zero-order valence-electron chi connectivity index (χ0n) is 12.3. The van der Waals surface area contributed by atoms with Crippen molar-refractivity contribution in [2.75, 3.05) is 24.5 Å². The number of aryl methyl sites for hydroxylation is 2. The van der Waals surface area contributed by atoms with Gasteiger partial charge in [-0.2, -0.15) is 0 Å². The standard InChI is InChI=1S/C17H26N2/c1-14-6-7-16(12-15(14)2)19-11-10-18-13-17(19)8-4-3-5-9-17/h6-7,12,18H,3-5,8-11,13H2,1-2H3. The van der Waals surface area contributed by atoms with Gasteiger partial charge < -0.3 is 10.2 Å². The lowest BCUT2D eigenvalue weighted by molar-refractivity contribution is 0.241. The second kappa shape index (κ2) is 5.16. The van der Waals surface area contributed by atoms with E-state index in [0.29, 0.717) is 5.54 Å². The van der Waals surface area contributed by atoms with E-state index in [2.05, 4.69) is 42.3 Å². The van der Waals surface area contributed by atoms with E-state index < -0.39 is 0 Å². The molecule has 104 valence electrons. The predicted octanol–water partition coefficient (Wildman–Crippen LogP) is 3.42. The van der Waals surface area contributed by atoms with Crippen molar-refractivity contribution in [3.05, 3.63) is 29.3 Å². The van der Waals surface area contributed by atoms with Gasteiger partial charge in [-0.15, -0.1) is 0 Å². The average molecular weight is 258 g/mol. The van der Waals surface area contributed by atoms with E-state index in [-0.39, 0.29) is 0 Å². The van der Waals surface area contributed by atoms with Gasteiger partial charge in [-0.3, -0.25) is 0 Å². The maximum atomic E-state index is 3.63. The molecule has 0 atom stereocenters. The van der Waals surface area contributed by atoms with E-state index in [1.165, 1.54) is 55.5 Å². The molecule has 1 N–H and O–H groups in total. The van der Waals surface area contributed by atoms with Crippen molar-refractivity contribution in [1.82, 2.24) is 5.32 Å². The highest BCUT2D eigenvalue weighted by molar-refractivity contribution is 5.53. The first-order valence-electron chi connectivity index (χ1n) is 7.77. The first-order chi connectivity index (χ1) is 9.21. The number of hydrogen-bond acceptors (Lipinski definition) is 2. The van der Waals surface area contributed by atoms with Gasteiger partial charge >= 0.3 is 0 Å². The van der Waals surface area contributed by atoms with Gasteiger partial charge in [0.2, 0.25) is 0 Å². The second-order valence-electron chi connectivity index (χ2n) is 6.38. The lowest BCUT2D eigenvalue weighted by atomic mass is 9.78. The van der Waals surface area contributed by atoms with Crippen molar-refractivity contribution < 1.29 is 0 Å². The van der Waals surface area contributed by atoms with Crippen LogP contribution in [0, 0.1) is 13.8 Å². The number of rotatable bonds is 1. The van der Waals surface area contributed by atoms with Gasteiger partial charge in [0.25, 0.3) is 0 Å². The third kappa shape index (κ3) is 2.38. The summed E-state index contributed by atoms with van der Waals surface area (Å²) in [5.41, 5.74) is 4.64. The highest BCUT2D eigenvalue weighted by atomic mass is 15.3. The molecule has 3 rings (SSSR count). The molecule has 1 spiro atoms. The third-order valence-corrected chi connectivity index (χ3v) is 5.13. The van der Waals surface area contributed by atoms with Gasteiger partial charge in [0, 0.05) is 25.3 Å². The Morgan fingerprint density at radius 2 is 1.84 bits per heavy atom. The fourth-order valence-corrected chi connectivity index (χ4v) is 3.80. The minimum absolute atomic E-state index is 0.387. The molecule has 0 bridgehead atoms. The maximum Gasteiger partial charge on any atom is 0.0526 e. The highest BCUT2D eigenvalue weighted by Gasteiger charge is 2.39. The van der Waals surface area contributed by atoms with Crippen molar-refractivity contribution in [2.45, 2.75) is 51.5 Å². The summed E-state index contributed by atoms with van der Waals surface area (Å²) in [6.45, 7) is 7.87. The van der Waals surface area contributed by atoms with E-state index >= 15 is 0 Å². The highest BCUT2D eigenvalue weighted by Crippen LogP contribution is 2.38. The van der Waals surface area contributed by atoms with Crippen molar-refractivity contribution in [2.24, 2.45) is 0 Å². The molecule has 2 aliphatic rings. The zero-order chi connectivity index (χ0) is 13.3. The van der Waals surface area contributed by atoms with Crippen molar-refractivity contribution >= 4 is 5.69 Å². The Morgan fingerprint density at radius 1 is 1.05 bits per heavy atom. The molecule has 0 aromatic heterocycles. The summed E-state index contributed by atoms with van der Waals surface area (Å²) in [7, 11) is 0. The fraction of sp³-hybridized carbons (Fsp3) is 0.647. The van der Waals surface area contributed by atoms with Crippen LogP contribution in [0.25, 0.3) is 0 Å². The molecule has 0 amide bonds. The van der Waals surface area contributed by atoms with Crippen LogP contribution in [0.2, 0.25) is 0 Å². The predicted molar refractivity (Wildman–Crippen MR) is 81.9 cm³/mol. The summed E-state index contributed by atoms with van der Waals surface area (Å²) in [5.74, 6) is 0. The van der Waals surface area contributed by atoms with Crippen molar-refractivity contribution in [3.8, 4) is 0 Å². The molecule has 1 aliphatic heterocycles. The second-order valence-corrected chi connectivity index (χ2v) is 6.38. The lowest BCUT2D eigenvalue weighted by Gasteiger charge is -2.51. The van der Waals surface area contributed by atoms with Crippen LogP contribution in [-0.4, -0.2) is 25.2 Å². The minimum Gasteiger partial charge on any atom is -0.363 e. The molecule has 1 heterocycles. The molecule has 2 heteroatoms. The third-order valence-electron chi connectivity index (χ3n) is 5.13. The van der Waals surface area contributed by atoms with Gasteiger partial charge in [0.05, 0.1) is 5.54 Å². The van der Waals surface area contributed by atoms with Crippen LogP contribution in [0.4, 0.5) is 5.69 Å². The summed E-state index contributed by atoms with van der Waals surface area (Å²) in [4.78, 5) is 2.70. The molecule has 2 fully saturated rings. The van der Waals surface area contributed by atoms with Gasteiger partial charge in [-0.25, -0.2) is 0 Å². The summed E-state index contributed by atoms with van der Waals surface area (Å²) >= 11 is 0. The Kier molecular flexibility index (Phi) is 3.53. The Bertz CT molecular complexity index is 438. The summed E-state index contributed by atoms with van der Waals surface area (Å²) in [6, 6.07) is 6.99. The molecule has 1 saturated heterocycles. The van der Waals surface area contributed by atoms with Gasteiger partial charge in [-0.05, 0) is 49.9 Å². The minimum atomic E-state index is 0.387. The van der Waals surface area contributed by atoms with Crippen LogP contribution in [0.15, 0.2) is 18.2 Å². The number of anilines is 1. The van der Waals surface area contributed by atoms with Crippen LogP contribution in [0.5, 0.6) is 0 Å². The first-order valence-corrected chi connectivity index (χ1v) is 7.77. The molecule has 1 aromatic rings. The molecule has 19 heavy (non-hydrogen) atoms. The monoisotopic (exact) mass is 258 g/mol. The number of benzene rings is 1. The van der Waals surface area contributed by atoms with Gasteiger partial charge in [-0.1, -0.05) is 25.3 Å². The smallest absolute Gasteiger partial charge is 0.0526 e. The van der Waals surface area contributed by atoms with Crippen molar-refractivity contribution in [1.29, 1.82) is 0 Å². The molecule has 2 nitrogen and oxygen atoms in total. The molecule has 0 unspecified atom stereocenters. The summed E-state index contributed by atoms with van der Waals surface area (Å²) < 4.78 is 0. The molecule has 1 aliphatic carbocycles. The van der Waals surface area contributed by atoms with Crippen LogP contribution in [0.3, 0.4) is 0 Å². The molecule has 0 radical (unpaired) electrons. The van der Waals surface area contributed by atoms with E-state index in [9.17, 15) is 0 Å². The fourth-order valence-electron chi connectivity index (χ4n) is 3.80. The van der Waals surface area contributed by atoms with Crippen LogP contribution >= 0.6 is 0 Å². The summed E-state index contributed by atoms with van der Waals surface area (Å²) in [5, 5.41) is 3.63. The maximum absolute atomic E-state index is 3.63. The summed E-state index contributed by atoms with van der Waals surface area (Å²) in [6.07, 6.45) is 6.91. The van der Waals surface area contributed by atoms with E-state index in [4.69, 9.17) is 0 Å². The number of nitrogens with one attached hydrogen (secondary N) is 1. The molecule has 1 aromatic carbocycles. The Morgan fingerprint density at radius 3 is 2.58 bits per heavy atom. The van der Waals surface area contributed by atoms with Crippen LogP contribution in [-0.2, 0) is 0 Å². The van der Waals surface area contributed by atoms with Gasteiger partial charge in [0.15, 0.2) is 0 Å². The Labute approximate surface area is 117 Å². The topological polar surface area (TPSA) is 15.3 Å². The largest absolute Gasteiger partial charge is 0.363 e. The molecule has 1 saturated carbocycles. The Hall–Kier alpha value is -1.02. The van der Waals surface area contributed by atoms with Gasteiger partial charge in [0.1, 0.15) is 0 Å². The normalized spacial score (nSPS) is 22.7. The van der Waals surface area contributed by atoms with E-state index in [1.54, 1.807) is 0 Å². The van der Waals surface area contributed by atoms with Crippen LogP contribution in [0.1, 0.15) is 43.2 Å². The number of piperazine rings is 1. The molecular weight excluding hydrogens is 232 g/mol. The van der Waals surface area contributed by atoms with E-state index in [1.807, 2.05) is 0 Å². The number of nitrogens with zero attached hydrogens (tertiary/aromatic N) is 1. The zero-order valence-corrected chi connectivity index (χ0v) is 12.3. The number of hydrogen-bond donors (Lipinski definition) is 1. The SMILES string of the molecule is Cc1ccc(N2CCNCC23CCCCC3)cc1C. The van der Waals surface area contributed by atoms with Crippen molar-refractivity contribution in [3.63, 3.8) is 0 Å². The Balaban J connectivity index is 1.93. The molecular formula is C17H26N2. The van der Waals surface area contributed by atoms with E-state index in [0.717, 1.165) is 13.1 Å². The quantitative estimate of drug-likeness (QED) is 0.830. The van der Waals surface area contributed by atoms with Crippen LogP contribution < -0.4 is 10.2 Å². The lowest BCUT2D eigenvalue weighted by Crippen LogP contribution is -2.62.